The lowest BCUT2D eigenvalue weighted by Gasteiger charge is -2.08. The van der Waals surface area contributed by atoms with Gasteiger partial charge in [0.1, 0.15) is 5.69 Å². The summed E-state index contributed by atoms with van der Waals surface area (Å²) in [5.41, 5.74) is 3.59. The van der Waals surface area contributed by atoms with Crippen LogP contribution in [0.25, 0.3) is 11.0 Å². The van der Waals surface area contributed by atoms with E-state index in [0.29, 0.717) is 18.6 Å². The number of para-hydroxylation sites is 2. The molecule has 0 fully saturated rings. The maximum Gasteiger partial charge on any atom is 0.271 e. The van der Waals surface area contributed by atoms with E-state index in [1.165, 1.54) is 10.9 Å². The molecule has 1 aliphatic rings. The zero-order valence-corrected chi connectivity index (χ0v) is 13.6. The van der Waals surface area contributed by atoms with Crippen molar-refractivity contribution in [3.8, 4) is 0 Å². The van der Waals surface area contributed by atoms with Gasteiger partial charge in [-0.15, -0.1) is 0 Å². The summed E-state index contributed by atoms with van der Waals surface area (Å²) in [6, 6.07) is 9.04. The van der Waals surface area contributed by atoms with Crippen molar-refractivity contribution in [2.45, 2.75) is 25.8 Å². The van der Waals surface area contributed by atoms with Gasteiger partial charge in [-0.1, -0.05) is 12.1 Å². The third-order valence-corrected chi connectivity index (χ3v) is 4.31. The first-order valence-electron chi connectivity index (χ1n) is 8.30. The normalized spacial score (nSPS) is 13.0. The fourth-order valence-corrected chi connectivity index (χ4v) is 3.03. The molecule has 0 spiro atoms. The highest BCUT2D eigenvalue weighted by molar-refractivity contribution is 5.93. The Morgan fingerprint density at radius 1 is 1.20 bits per heavy atom. The molecule has 1 N–H and O–H groups in total. The minimum atomic E-state index is -0.313. The Hall–Kier alpha value is -3.09. The van der Waals surface area contributed by atoms with Gasteiger partial charge in [0.2, 0.25) is 0 Å². The molecule has 1 aliphatic carbocycles. The predicted octanol–water partition coefficient (Wildman–Crippen LogP) is 1.11. The van der Waals surface area contributed by atoms with Gasteiger partial charge in [0.05, 0.1) is 29.5 Å². The van der Waals surface area contributed by atoms with Gasteiger partial charge in [-0.25, -0.2) is 9.67 Å². The molecular formula is C18H17N5O2. The van der Waals surface area contributed by atoms with Crippen molar-refractivity contribution in [1.29, 1.82) is 0 Å². The van der Waals surface area contributed by atoms with Crippen molar-refractivity contribution < 1.29 is 4.79 Å². The molecule has 0 atom stereocenters. The summed E-state index contributed by atoms with van der Waals surface area (Å²) in [7, 11) is 0. The van der Waals surface area contributed by atoms with E-state index in [9.17, 15) is 9.59 Å². The van der Waals surface area contributed by atoms with Crippen molar-refractivity contribution in [2.24, 2.45) is 0 Å². The Labute approximate surface area is 143 Å². The first-order chi connectivity index (χ1) is 12.2. The average Bonchev–Trinajstić information content (AvgIpc) is 3.08. The van der Waals surface area contributed by atoms with Gasteiger partial charge in [-0.05, 0) is 37.0 Å². The lowest BCUT2D eigenvalue weighted by molar-refractivity contribution is 0.0946. The Balaban J connectivity index is 1.42. The number of hydrogen-bond acceptors (Lipinski definition) is 5. The predicted molar refractivity (Wildman–Crippen MR) is 92.4 cm³/mol. The molecular weight excluding hydrogens is 318 g/mol. The largest absolute Gasteiger partial charge is 0.349 e. The van der Waals surface area contributed by atoms with E-state index in [4.69, 9.17) is 0 Å². The fraction of sp³-hybridized carbons (Fsp3) is 0.278. The molecule has 4 rings (SSSR count). The lowest BCUT2D eigenvalue weighted by atomic mass is 10.2. The molecule has 7 heteroatoms. The van der Waals surface area contributed by atoms with Gasteiger partial charge < -0.3 is 5.32 Å². The highest BCUT2D eigenvalue weighted by Crippen LogP contribution is 2.16. The number of carbonyl (C=O) groups is 1. The topological polar surface area (TPSA) is 89.8 Å². The number of benzene rings is 1. The molecule has 0 unspecified atom stereocenters. The van der Waals surface area contributed by atoms with Crippen molar-refractivity contribution in [3.05, 3.63) is 63.8 Å². The number of carbonyl (C=O) groups excluding carboxylic acids is 1. The quantitative estimate of drug-likeness (QED) is 0.771. The highest BCUT2D eigenvalue weighted by atomic mass is 16.2. The second-order valence-electron chi connectivity index (χ2n) is 6.03. The van der Waals surface area contributed by atoms with Gasteiger partial charge in [0, 0.05) is 12.6 Å². The standard InChI is InChI=1S/C18H17N5O2/c24-17-10-12-4-3-7-13(12)22-23(17)9-8-19-18(25)16-11-20-14-5-1-2-6-15(14)21-16/h1-2,5-6,10-11H,3-4,7-9H2,(H,19,25). The molecule has 3 aromatic rings. The Kier molecular flexibility index (Phi) is 3.97. The maximum absolute atomic E-state index is 12.2. The van der Waals surface area contributed by atoms with Gasteiger partial charge >= 0.3 is 0 Å². The minimum Gasteiger partial charge on any atom is -0.349 e. The monoisotopic (exact) mass is 335 g/mol. The number of aryl methyl sites for hydroxylation is 2. The molecule has 0 bridgehead atoms. The number of rotatable bonds is 4. The van der Waals surface area contributed by atoms with Crippen LogP contribution < -0.4 is 10.9 Å². The second kappa shape index (κ2) is 6.43. The molecule has 0 radical (unpaired) electrons. The van der Waals surface area contributed by atoms with Crippen LogP contribution in [0.2, 0.25) is 0 Å². The molecule has 2 heterocycles. The molecule has 7 nitrogen and oxygen atoms in total. The fourth-order valence-electron chi connectivity index (χ4n) is 3.03. The zero-order valence-electron chi connectivity index (χ0n) is 13.6. The van der Waals surface area contributed by atoms with Crippen LogP contribution >= 0.6 is 0 Å². The van der Waals surface area contributed by atoms with E-state index >= 15 is 0 Å². The van der Waals surface area contributed by atoms with Gasteiger partial charge in [-0.3, -0.25) is 14.6 Å². The Morgan fingerprint density at radius 2 is 2.04 bits per heavy atom. The number of nitrogens with one attached hydrogen (secondary N) is 1. The number of aromatic nitrogens is 4. The van der Waals surface area contributed by atoms with E-state index in [-0.39, 0.29) is 17.2 Å². The maximum atomic E-state index is 12.2. The van der Waals surface area contributed by atoms with Crippen LogP contribution in [0.4, 0.5) is 0 Å². The van der Waals surface area contributed by atoms with E-state index in [2.05, 4.69) is 20.4 Å². The van der Waals surface area contributed by atoms with E-state index in [0.717, 1.165) is 36.0 Å². The van der Waals surface area contributed by atoms with Crippen LogP contribution in [0.1, 0.15) is 28.2 Å². The zero-order chi connectivity index (χ0) is 17.2. The second-order valence-corrected chi connectivity index (χ2v) is 6.03. The third-order valence-electron chi connectivity index (χ3n) is 4.31. The van der Waals surface area contributed by atoms with Crippen molar-refractivity contribution in [3.63, 3.8) is 0 Å². The first kappa shape index (κ1) is 15.4. The molecule has 0 saturated heterocycles. The molecule has 2 aromatic heterocycles. The van der Waals surface area contributed by atoms with Crippen molar-refractivity contribution in [1.82, 2.24) is 25.1 Å². The van der Waals surface area contributed by atoms with Crippen molar-refractivity contribution in [2.75, 3.05) is 6.54 Å². The molecule has 0 aliphatic heterocycles. The summed E-state index contributed by atoms with van der Waals surface area (Å²) in [5, 5.41) is 7.15. The van der Waals surface area contributed by atoms with Crippen LogP contribution in [0.3, 0.4) is 0 Å². The smallest absolute Gasteiger partial charge is 0.271 e. The first-order valence-corrected chi connectivity index (χ1v) is 8.30. The summed E-state index contributed by atoms with van der Waals surface area (Å²) in [4.78, 5) is 32.8. The molecule has 126 valence electrons. The van der Waals surface area contributed by atoms with Crippen LogP contribution in [0, 0.1) is 0 Å². The van der Waals surface area contributed by atoms with Crippen molar-refractivity contribution >= 4 is 16.9 Å². The lowest BCUT2D eigenvalue weighted by Crippen LogP contribution is -2.32. The van der Waals surface area contributed by atoms with Gasteiger partial charge in [0.15, 0.2) is 0 Å². The summed E-state index contributed by atoms with van der Waals surface area (Å²) in [6.07, 6.45) is 4.34. The molecule has 25 heavy (non-hydrogen) atoms. The summed E-state index contributed by atoms with van der Waals surface area (Å²) in [6.45, 7) is 0.637. The van der Waals surface area contributed by atoms with Gasteiger partial charge in [0.25, 0.3) is 11.5 Å². The van der Waals surface area contributed by atoms with Gasteiger partial charge in [-0.2, -0.15) is 5.10 Å². The van der Waals surface area contributed by atoms with E-state index in [1.807, 2.05) is 24.3 Å². The number of nitrogens with zero attached hydrogens (tertiary/aromatic N) is 4. The molecule has 1 aromatic carbocycles. The molecule has 0 saturated carbocycles. The summed E-state index contributed by atoms with van der Waals surface area (Å²) in [5.74, 6) is -0.313. The number of amides is 1. The van der Waals surface area contributed by atoms with E-state index in [1.54, 1.807) is 6.07 Å². The Bertz CT molecular complexity index is 1010. The summed E-state index contributed by atoms with van der Waals surface area (Å²) >= 11 is 0. The minimum absolute atomic E-state index is 0.125. The van der Waals surface area contributed by atoms with E-state index < -0.39 is 0 Å². The van der Waals surface area contributed by atoms with Crippen LogP contribution in [0.15, 0.2) is 41.3 Å². The SMILES string of the molecule is O=C(NCCn1nc2c(cc1=O)CCC2)c1cnc2ccccc2n1. The highest BCUT2D eigenvalue weighted by Gasteiger charge is 2.15. The Morgan fingerprint density at radius 3 is 2.92 bits per heavy atom. The summed E-state index contributed by atoms with van der Waals surface area (Å²) < 4.78 is 1.41. The number of hydrogen-bond donors (Lipinski definition) is 1. The van der Waals surface area contributed by atoms with Crippen LogP contribution in [-0.4, -0.2) is 32.2 Å². The van der Waals surface area contributed by atoms with Crippen LogP contribution in [-0.2, 0) is 19.4 Å². The number of fused-ring (bicyclic) bond motifs is 2. The molecule has 1 amide bonds. The van der Waals surface area contributed by atoms with Crippen LogP contribution in [0.5, 0.6) is 0 Å². The third kappa shape index (κ3) is 3.13. The average molecular weight is 335 g/mol.